The molecule has 1 aromatic rings. The average Bonchev–Trinajstić information content (AvgIpc) is 2.48. The minimum atomic E-state index is -2.55. The van der Waals surface area contributed by atoms with Crippen LogP contribution in [0.4, 0.5) is 0 Å². The first-order chi connectivity index (χ1) is 10.5. The quantitative estimate of drug-likeness (QED) is 0.372. The fraction of sp³-hybridized carbons (Fsp3) is 0.600. The molecule has 8 heteroatoms. The molecule has 0 aliphatic rings. The van der Waals surface area contributed by atoms with Crippen molar-refractivity contribution in [2.45, 2.75) is 12.5 Å². The van der Waals surface area contributed by atoms with Crippen LogP contribution in [0, 0.1) is 0 Å². The van der Waals surface area contributed by atoms with Gasteiger partial charge in [-0.25, -0.2) is 0 Å². The maximum atomic E-state index is 9.79. The van der Waals surface area contributed by atoms with Gasteiger partial charge in [-0.05, 0) is 0 Å². The van der Waals surface area contributed by atoms with Gasteiger partial charge in [0.2, 0.25) is 0 Å². The van der Waals surface area contributed by atoms with Gasteiger partial charge in [0, 0.05) is 0 Å². The second kappa shape index (κ2) is 7.81. The Kier molecular flexibility index (Phi) is 7.08. The molecule has 0 bridgehead atoms. The summed E-state index contributed by atoms with van der Waals surface area (Å²) in [6.45, 7) is 7.01. The molecule has 134 valence electrons. The first-order valence-corrected chi connectivity index (χ1v) is 14.9. The number of hydrogen-bond acceptors (Lipinski definition) is 5. The summed E-state index contributed by atoms with van der Waals surface area (Å²) in [6, 6.07) is 5.93. The summed E-state index contributed by atoms with van der Waals surface area (Å²) in [6.07, 6.45) is 0.761. The fourth-order valence-electron chi connectivity index (χ4n) is 2.25. The molecule has 0 amide bonds. The number of hydrogen-bond donors (Lipinski definition) is 1. The standard InChI is InChI=1S/C15H28BrO5PSi/c1-18-23(19-2,20-3)11-7-10-21-14-9-8-13(17)12-15(14)22(4,5,6)16/h8-9,12,17H,7,10-11H2,1-6H3. The van der Waals surface area contributed by atoms with Crippen molar-refractivity contribution < 1.29 is 23.1 Å². The van der Waals surface area contributed by atoms with Gasteiger partial charge in [-0.15, -0.1) is 0 Å². The number of halogens is 1. The first-order valence-electron chi connectivity index (χ1n) is 7.38. The molecule has 0 aromatic heterocycles. The van der Waals surface area contributed by atoms with Crippen molar-refractivity contribution in [3.05, 3.63) is 18.2 Å². The van der Waals surface area contributed by atoms with E-state index in [2.05, 4.69) is 35.5 Å². The monoisotopic (exact) mass is 426 g/mol. The Morgan fingerprint density at radius 1 is 1.09 bits per heavy atom. The van der Waals surface area contributed by atoms with E-state index >= 15 is 0 Å². The zero-order valence-corrected chi connectivity index (χ0v) is 18.2. The second-order valence-electron chi connectivity index (χ2n) is 6.50. The van der Waals surface area contributed by atoms with Crippen molar-refractivity contribution in [2.24, 2.45) is 0 Å². The Hall–Kier alpha value is -0.173. The molecule has 5 nitrogen and oxygen atoms in total. The molecule has 23 heavy (non-hydrogen) atoms. The summed E-state index contributed by atoms with van der Waals surface area (Å²) < 4.78 is 22.2. The van der Waals surface area contributed by atoms with Crippen LogP contribution in [0.15, 0.2) is 18.2 Å². The summed E-state index contributed by atoms with van der Waals surface area (Å²) in [5.41, 5.74) is 0. The third kappa shape index (κ3) is 6.00. The number of ether oxygens (including phenoxy) is 1. The Morgan fingerprint density at radius 3 is 2.13 bits per heavy atom. The van der Waals surface area contributed by atoms with E-state index in [0.29, 0.717) is 12.7 Å². The van der Waals surface area contributed by atoms with Crippen LogP contribution >= 0.6 is 20.8 Å². The van der Waals surface area contributed by atoms with Crippen LogP contribution in [0.2, 0.25) is 6.04 Å². The maximum absolute atomic E-state index is 9.79. The molecule has 0 fully saturated rings. The van der Waals surface area contributed by atoms with E-state index in [9.17, 15) is 5.11 Å². The average molecular weight is 427 g/mol. The molecular formula is C15H28BrO5PSi. The van der Waals surface area contributed by atoms with E-state index < -0.39 is 14.1 Å². The van der Waals surface area contributed by atoms with E-state index in [0.717, 1.165) is 17.5 Å². The van der Waals surface area contributed by atoms with Gasteiger partial charge < -0.3 is 0 Å². The SMILES string of the molecule is CO[Si](CCCOc1ccc(O)cc1P(C)(C)(C)Br)(OC)OC. The molecule has 0 radical (unpaired) electrons. The molecular weight excluding hydrogens is 399 g/mol. The molecule has 0 saturated carbocycles. The summed E-state index contributed by atoms with van der Waals surface area (Å²) >= 11 is 3.84. The first kappa shape index (κ1) is 20.9. The molecule has 1 rings (SSSR count). The van der Waals surface area contributed by atoms with Gasteiger partial charge in [0.25, 0.3) is 0 Å². The number of phenols is 1. The molecule has 0 aliphatic carbocycles. The van der Waals surface area contributed by atoms with E-state index in [4.69, 9.17) is 18.0 Å². The van der Waals surface area contributed by atoms with Gasteiger partial charge in [0.15, 0.2) is 0 Å². The molecule has 0 atom stereocenters. The number of rotatable bonds is 9. The van der Waals surface area contributed by atoms with Gasteiger partial charge in [0.05, 0.1) is 0 Å². The Balaban J connectivity index is 2.77. The van der Waals surface area contributed by atoms with Crippen molar-refractivity contribution in [3.8, 4) is 11.5 Å². The topological polar surface area (TPSA) is 57.2 Å². The Labute approximate surface area is 148 Å². The van der Waals surface area contributed by atoms with Crippen molar-refractivity contribution in [1.82, 2.24) is 0 Å². The number of benzene rings is 1. The molecule has 0 spiro atoms. The van der Waals surface area contributed by atoms with E-state index in [1.54, 1.807) is 33.5 Å². The normalized spacial score (nSPS) is 14.3. The van der Waals surface area contributed by atoms with E-state index in [-0.39, 0.29) is 5.75 Å². The summed E-state index contributed by atoms with van der Waals surface area (Å²) in [4.78, 5) is 0. The zero-order chi connectivity index (χ0) is 17.8. The van der Waals surface area contributed by atoms with Crippen molar-refractivity contribution in [1.29, 1.82) is 0 Å². The predicted octanol–water partition coefficient (Wildman–Crippen LogP) is 3.42. The number of phenolic OH excluding ortho intramolecular Hbond substituents is 1. The van der Waals surface area contributed by atoms with Crippen molar-refractivity contribution in [2.75, 3.05) is 47.9 Å². The Bertz CT molecular complexity index is 511. The second-order valence-corrected chi connectivity index (χ2v) is 22.7. The van der Waals surface area contributed by atoms with Crippen LogP contribution in [0.1, 0.15) is 6.42 Å². The van der Waals surface area contributed by atoms with E-state index in [1.165, 1.54) is 0 Å². The van der Waals surface area contributed by atoms with Crippen LogP contribution < -0.4 is 10.0 Å². The minimum absolute atomic E-state index is 0.246. The van der Waals surface area contributed by atoms with Gasteiger partial charge in [-0.1, -0.05) is 0 Å². The summed E-state index contributed by atoms with van der Waals surface area (Å²) in [5.74, 6) is 1.04. The third-order valence-electron chi connectivity index (χ3n) is 3.57. The van der Waals surface area contributed by atoms with Crippen molar-refractivity contribution in [3.63, 3.8) is 0 Å². The molecule has 0 saturated heterocycles. The van der Waals surface area contributed by atoms with Crippen molar-refractivity contribution >= 4 is 34.9 Å². The molecule has 0 unspecified atom stereocenters. The summed E-state index contributed by atoms with van der Waals surface area (Å²) in [7, 11) is 2.28. The van der Waals surface area contributed by atoms with E-state index in [1.807, 2.05) is 6.07 Å². The summed E-state index contributed by atoms with van der Waals surface area (Å²) in [5, 5.41) is 8.57. The van der Waals surface area contributed by atoms with Crippen LogP contribution in [-0.4, -0.2) is 61.8 Å². The van der Waals surface area contributed by atoms with Crippen LogP contribution in [-0.2, 0) is 13.3 Å². The molecule has 0 aliphatic heterocycles. The van der Waals surface area contributed by atoms with Crippen LogP contribution in [0.3, 0.4) is 0 Å². The van der Waals surface area contributed by atoms with Gasteiger partial charge in [-0.3, -0.25) is 0 Å². The van der Waals surface area contributed by atoms with Crippen LogP contribution in [0.25, 0.3) is 0 Å². The molecule has 1 N–H and O–H groups in total. The number of aromatic hydroxyl groups is 1. The molecule has 0 heterocycles. The van der Waals surface area contributed by atoms with Gasteiger partial charge in [-0.2, -0.15) is 0 Å². The van der Waals surface area contributed by atoms with Gasteiger partial charge in [0.1, 0.15) is 0 Å². The van der Waals surface area contributed by atoms with Crippen LogP contribution in [0.5, 0.6) is 11.5 Å². The Morgan fingerprint density at radius 2 is 1.65 bits per heavy atom. The zero-order valence-electron chi connectivity index (χ0n) is 14.8. The van der Waals surface area contributed by atoms with Gasteiger partial charge >= 0.3 is 148 Å². The third-order valence-corrected chi connectivity index (χ3v) is 9.53. The fourth-order valence-corrected chi connectivity index (χ4v) is 6.22. The molecule has 1 aromatic carbocycles. The predicted molar refractivity (Wildman–Crippen MR) is 103 cm³/mol.